The normalized spacial score (nSPS) is 16.1. The van der Waals surface area contributed by atoms with Gasteiger partial charge in [-0.2, -0.15) is 0 Å². The lowest BCUT2D eigenvalue weighted by atomic mass is 9.81. The third kappa shape index (κ3) is 3.58. The first kappa shape index (κ1) is 18.1. The molecule has 1 unspecified atom stereocenters. The van der Waals surface area contributed by atoms with Gasteiger partial charge in [0, 0.05) is 12.6 Å². The van der Waals surface area contributed by atoms with Crippen molar-refractivity contribution < 1.29 is 14.0 Å². The van der Waals surface area contributed by atoms with E-state index in [9.17, 15) is 9.59 Å². The van der Waals surface area contributed by atoms with Crippen LogP contribution in [0.5, 0.6) is 0 Å². The minimum absolute atomic E-state index is 0.0306. The second kappa shape index (κ2) is 7.38. The third-order valence-corrected chi connectivity index (χ3v) is 5.08. The lowest BCUT2D eigenvalue weighted by molar-refractivity contribution is 0.0962. The van der Waals surface area contributed by atoms with Crippen LogP contribution in [0.2, 0.25) is 0 Å². The highest BCUT2D eigenvalue weighted by Crippen LogP contribution is 2.32. The number of rotatable bonds is 4. The Morgan fingerprint density at radius 1 is 1.18 bits per heavy atom. The largest absolute Gasteiger partial charge is 0.459 e. The monoisotopic (exact) mass is 375 g/mol. The van der Waals surface area contributed by atoms with Crippen LogP contribution in [0.4, 0.5) is 5.95 Å². The summed E-state index contributed by atoms with van der Waals surface area (Å²) in [6.45, 7) is 4.32. The van der Waals surface area contributed by atoms with Crippen LogP contribution in [0.15, 0.2) is 53.3 Å². The van der Waals surface area contributed by atoms with Crippen molar-refractivity contribution in [1.29, 1.82) is 0 Å². The van der Waals surface area contributed by atoms with Crippen molar-refractivity contribution in [3.05, 3.63) is 77.0 Å². The molecule has 1 amide bonds. The molecule has 0 aliphatic heterocycles. The van der Waals surface area contributed by atoms with Crippen LogP contribution in [0.1, 0.15) is 69.8 Å². The number of aromatic nitrogens is 2. The predicted octanol–water partition coefficient (Wildman–Crippen LogP) is 4.36. The van der Waals surface area contributed by atoms with E-state index >= 15 is 0 Å². The van der Waals surface area contributed by atoms with E-state index < -0.39 is 5.91 Å². The summed E-state index contributed by atoms with van der Waals surface area (Å²) < 4.78 is 5.08. The lowest BCUT2D eigenvalue weighted by Crippen LogP contribution is -2.22. The number of amides is 1. The zero-order valence-corrected chi connectivity index (χ0v) is 15.8. The third-order valence-electron chi connectivity index (χ3n) is 5.08. The van der Waals surface area contributed by atoms with Crippen LogP contribution in [0, 0.1) is 0 Å². The van der Waals surface area contributed by atoms with Crippen molar-refractivity contribution in [3.63, 3.8) is 0 Å². The number of fused-ring (bicyclic) bond motifs is 1. The molecular formula is C22H21N3O3. The molecule has 1 N–H and O–H groups in total. The summed E-state index contributed by atoms with van der Waals surface area (Å²) in [5, 5.41) is 2.62. The van der Waals surface area contributed by atoms with Gasteiger partial charge in [-0.25, -0.2) is 9.97 Å². The zero-order chi connectivity index (χ0) is 19.7. The molecule has 3 aromatic rings. The van der Waals surface area contributed by atoms with Gasteiger partial charge in [0.25, 0.3) is 5.91 Å². The number of hydrogen-bond donors (Lipinski definition) is 1. The van der Waals surface area contributed by atoms with E-state index in [0.717, 1.165) is 5.56 Å². The summed E-state index contributed by atoms with van der Waals surface area (Å²) >= 11 is 0. The van der Waals surface area contributed by atoms with Crippen LogP contribution >= 0.6 is 0 Å². The Kier molecular flexibility index (Phi) is 4.77. The first-order valence-corrected chi connectivity index (χ1v) is 9.35. The maximum atomic E-state index is 12.6. The molecule has 0 fully saturated rings. The number of carbonyl (C=O) groups excluding carboxylic acids is 2. The summed E-state index contributed by atoms with van der Waals surface area (Å²) in [6, 6.07) is 11.6. The van der Waals surface area contributed by atoms with Crippen LogP contribution in [0.3, 0.4) is 0 Å². The number of benzene rings is 1. The first-order valence-electron chi connectivity index (χ1n) is 9.35. The van der Waals surface area contributed by atoms with Gasteiger partial charge in [-0.1, -0.05) is 38.1 Å². The Bertz CT molecular complexity index is 1010. The number of hydrogen-bond acceptors (Lipinski definition) is 5. The fraction of sp³-hybridized carbons (Fsp3) is 0.273. The molecule has 4 rings (SSSR count). The summed E-state index contributed by atoms with van der Waals surface area (Å²) in [7, 11) is 0. The fourth-order valence-electron chi connectivity index (χ4n) is 3.46. The molecule has 6 nitrogen and oxygen atoms in total. The average molecular weight is 375 g/mol. The molecule has 2 heterocycles. The van der Waals surface area contributed by atoms with E-state index in [1.165, 1.54) is 18.0 Å². The van der Waals surface area contributed by atoms with Crippen molar-refractivity contribution in [2.75, 3.05) is 5.32 Å². The van der Waals surface area contributed by atoms with Crippen molar-refractivity contribution in [2.45, 2.75) is 38.5 Å². The number of Topliss-reactive ketones (excluding diaryl/α,β-unsaturated/α-hetero) is 1. The molecule has 6 heteroatoms. The van der Waals surface area contributed by atoms with Crippen LogP contribution in [-0.4, -0.2) is 21.7 Å². The Hall–Kier alpha value is -3.28. The molecule has 0 bridgehead atoms. The molecular weight excluding hydrogens is 354 g/mol. The topological polar surface area (TPSA) is 85.1 Å². The van der Waals surface area contributed by atoms with Gasteiger partial charge < -0.3 is 4.42 Å². The fourth-order valence-corrected chi connectivity index (χ4v) is 3.46. The molecule has 1 aromatic carbocycles. The molecule has 28 heavy (non-hydrogen) atoms. The summed E-state index contributed by atoms with van der Waals surface area (Å²) in [6.07, 6.45) is 4.00. The Labute approximate surface area is 163 Å². The lowest BCUT2D eigenvalue weighted by Gasteiger charge is -2.23. The van der Waals surface area contributed by atoms with Crippen molar-refractivity contribution in [3.8, 4) is 0 Å². The van der Waals surface area contributed by atoms with Gasteiger partial charge in [0.05, 0.1) is 17.5 Å². The smallest absolute Gasteiger partial charge is 0.293 e. The highest BCUT2D eigenvalue weighted by Gasteiger charge is 2.28. The van der Waals surface area contributed by atoms with Gasteiger partial charge in [0.15, 0.2) is 11.5 Å². The molecule has 1 aliphatic carbocycles. The number of nitrogens with one attached hydrogen (secondary N) is 1. The number of ketones is 1. The molecule has 2 aromatic heterocycles. The Morgan fingerprint density at radius 2 is 1.96 bits per heavy atom. The number of carbonyl (C=O) groups is 2. The number of furan rings is 1. The molecule has 0 radical (unpaired) electrons. The minimum Gasteiger partial charge on any atom is -0.459 e. The molecule has 142 valence electrons. The van der Waals surface area contributed by atoms with Gasteiger partial charge in [-0.15, -0.1) is 0 Å². The second-order valence-electron chi connectivity index (χ2n) is 7.34. The molecule has 1 aliphatic rings. The highest BCUT2D eigenvalue weighted by molar-refractivity contribution is 6.02. The molecule has 0 spiro atoms. The summed E-state index contributed by atoms with van der Waals surface area (Å²) in [5.41, 5.74) is 3.60. The zero-order valence-electron chi connectivity index (χ0n) is 15.8. The molecule has 1 atom stereocenters. The first-order chi connectivity index (χ1) is 13.5. The van der Waals surface area contributed by atoms with Crippen LogP contribution in [0.25, 0.3) is 0 Å². The second-order valence-corrected chi connectivity index (χ2v) is 7.34. The van der Waals surface area contributed by atoms with Gasteiger partial charge in [0.1, 0.15) is 0 Å². The van der Waals surface area contributed by atoms with E-state index in [-0.39, 0.29) is 23.4 Å². The van der Waals surface area contributed by atoms with Gasteiger partial charge >= 0.3 is 0 Å². The standard InChI is InChI=1S/C22H21N3O3/c1-13(2)14-5-7-15(8-6-14)16-10-18-17(19(26)11-16)12-23-22(24-18)25-21(27)20-4-3-9-28-20/h3-9,12-13,16H,10-11H2,1-2H3,(H,23,24,25,27). The van der Waals surface area contributed by atoms with E-state index in [1.807, 2.05) is 0 Å². The summed E-state index contributed by atoms with van der Waals surface area (Å²) in [5.74, 6) is 0.501. The van der Waals surface area contributed by atoms with E-state index in [4.69, 9.17) is 4.42 Å². The Morgan fingerprint density at radius 3 is 2.64 bits per heavy atom. The van der Waals surface area contributed by atoms with E-state index in [1.54, 1.807) is 12.1 Å². The molecule has 0 saturated heterocycles. The van der Waals surface area contributed by atoms with Gasteiger partial charge in [-0.3, -0.25) is 14.9 Å². The average Bonchev–Trinajstić information content (AvgIpc) is 3.23. The van der Waals surface area contributed by atoms with Crippen molar-refractivity contribution in [1.82, 2.24) is 9.97 Å². The maximum absolute atomic E-state index is 12.6. The van der Waals surface area contributed by atoms with Gasteiger partial charge in [0.2, 0.25) is 5.95 Å². The summed E-state index contributed by atoms with van der Waals surface area (Å²) in [4.78, 5) is 33.3. The molecule has 0 saturated carbocycles. The van der Waals surface area contributed by atoms with Crippen LogP contribution < -0.4 is 5.32 Å². The predicted molar refractivity (Wildman–Crippen MR) is 105 cm³/mol. The van der Waals surface area contributed by atoms with Crippen LogP contribution in [-0.2, 0) is 6.42 Å². The number of nitrogens with zero attached hydrogens (tertiary/aromatic N) is 2. The van der Waals surface area contributed by atoms with E-state index in [2.05, 4.69) is 53.4 Å². The number of anilines is 1. The minimum atomic E-state index is -0.423. The van der Waals surface area contributed by atoms with Crippen molar-refractivity contribution >= 4 is 17.6 Å². The Balaban J connectivity index is 1.56. The maximum Gasteiger partial charge on any atom is 0.293 e. The van der Waals surface area contributed by atoms with Gasteiger partial charge in [-0.05, 0) is 41.5 Å². The highest BCUT2D eigenvalue weighted by atomic mass is 16.3. The van der Waals surface area contributed by atoms with Crippen molar-refractivity contribution in [2.24, 2.45) is 0 Å². The SMILES string of the molecule is CC(C)c1ccc(C2CC(=O)c3cnc(NC(=O)c4ccco4)nc3C2)cc1. The van der Waals surface area contributed by atoms with E-state index in [0.29, 0.717) is 30.0 Å². The quantitative estimate of drug-likeness (QED) is 0.732.